The third-order valence-electron chi connectivity index (χ3n) is 2.78. The monoisotopic (exact) mass is 263 g/mol. The molecule has 1 aromatic heterocycles. The molecular weight excluding hydrogens is 249 g/mol. The van der Waals surface area contributed by atoms with Gasteiger partial charge in [0.1, 0.15) is 11.6 Å². The van der Waals surface area contributed by atoms with Gasteiger partial charge in [0.05, 0.1) is 18.2 Å². The molecule has 0 aliphatic carbocycles. The molecule has 2 aromatic rings. The average Bonchev–Trinajstić information content (AvgIpc) is 2.71. The number of nitrogens with zero attached hydrogens (tertiary/aromatic N) is 1. The van der Waals surface area contributed by atoms with Gasteiger partial charge in [0.2, 0.25) is 0 Å². The van der Waals surface area contributed by atoms with Crippen molar-refractivity contribution in [3.8, 4) is 11.3 Å². The number of H-pyrrole nitrogens is 1. The Labute approximate surface area is 109 Å². The minimum atomic E-state index is -1.01. The van der Waals surface area contributed by atoms with E-state index in [9.17, 15) is 9.18 Å². The summed E-state index contributed by atoms with van der Waals surface area (Å²) in [5.41, 5.74) is 7.20. The van der Waals surface area contributed by atoms with Crippen LogP contribution in [0.5, 0.6) is 0 Å². The average molecular weight is 263 g/mol. The van der Waals surface area contributed by atoms with Crippen LogP contribution in [0, 0.1) is 12.7 Å². The summed E-state index contributed by atoms with van der Waals surface area (Å²) in [6.07, 6.45) is -0.232. The number of aromatic nitrogens is 2. The molecule has 6 heteroatoms. The Kier molecular flexibility index (Phi) is 3.62. The zero-order valence-electron chi connectivity index (χ0n) is 10.4. The molecule has 0 bridgehead atoms. The Morgan fingerprint density at radius 1 is 1.53 bits per heavy atom. The van der Waals surface area contributed by atoms with E-state index in [0.29, 0.717) is 22.8 Å². The van der Waals surface area contributed by atoms with Crippen molar-refractivity contribution in [2.24, 2.45) is 5.73 Å². The Hall–Kier alpha value is -2.21. The standard InChI is InChI=1S/C13H14FN3O2/c1-7-12(8-4-2-3-5-9(8)14)17-13(16-7)10(15)6-11(18)19/h2-5,10H,6,15H2,1H3,(H,16,17)(H,18,19). The Morgan fingerprint density at radius 2 is 2.21 bits per heavy atom. The number of hydrogen-bond acceptors (Lipinski definition) is 3. The van der Waals surface area contributed by atoms with Crippen molar-refractivity contribution in [2.75, 3.05) is 0 Å². The van der Waals surface area contributed by atoms with Gasteiger partial charge in [0.15, 0.2) is 0 Å². The number of aromatic amines is 1. The van der Waals surface area contributed by atoms with Gasteiger partial charge in [-0.15, -0.1) is 0 Å². The van der Waals surface area contributed by atoms with E-state index in [4.69, 9.17) is 10.8 Å². The molecule has 1 aromatic carbocycles. The Morgan fingerprint density at radius 3 is 2.84 bits per heavy atom. The number of halogens is 1. The summed E-state index contributed by atoms with van der Waals surface area (Å²) in [6.45, 7) is 1.74. The highest BCUT2D eigenvalue weighted by molar-refractivity contribution is 5.68. The van der Waals surface area contributed by atoms with Crippen molar-refractivity contribution in [1.29, 1.82) is 0 Å². The highest BCUT2D eigenvalue weighted by Gasteiger charge is 2.18. The number of aliphatic carboxylic acids is 1. The van der Waals surface area contributed by atoms with Crippen LogP contribution in [0.25, 0.3) is 11.3 Å². The number of rotatable bonds is 4. The summed E-state index contributed by atoms with van der Waals surface area (Å²) in [5, 5.41) is 8.70. The lowest BCUT2D eigenvalue weighted by molar-refractivity contribution is -0.137. The van der Waals surface area contributed by atoms with Gasteiger partial charge in [-0.05, 0) is 19.1 Å². The largest absolute Gasteiger partial charge is 0.481 e. The molecule has 0 saturated carbocycles. The number of aryl methyl sites for hydroxylation is 1. The van der Waals surface area contributed by atoms with Crippen LogP contribution in [0.15, 0.2) is 24.3 Å². The van der Waals surface area contributed by atoms with Crippen LogP contribution < -0.4 is 5.73 Å². The molecule has 0 radical (unpaired) electrons. The number of nitrogens with one attached hydrogen (secondary N) is 1. The Bertz CT molecular complexity index is 610. The van der Waals surface area contributed by atoms with Crippen LogP contribution in [-0.4, -0.2) is 21.0 Å². The van der Waals surface area contributed by atoms with Gasteiger partial charge >= 0.3 is 5.97 Å². The quantitative estimate of drug-likeness (QED) is 0.786. The molecule has 0 fully saturated rings. The minimum Gasteiger partial charge on any atom is -0.481 e. The maximum atomic E-state index is 13.7. The lowest BCUT2D eigenvalue weighted by Crippen LogP contribution is -2.16. The minimum absolute atomic E-state index is 0.232. The molecule has 2 rings (SSSR count). The third-order valence-corrected chi connectivity index (χ3v) is 2.78. The number of carboxylic acid groups (broad SMARTS) is 1. The molecule has 4 N–H and O–H groups in total. The number of nitrogens with two attached hydrogens (primary N) is 1. The van der Waals surface area contributed by atoms with Crippen molar-refractivity contribution in [2.45, 2.75) is 19.4 Å². The number of imidazole rings is 1. The molecule has 100 valence electrons. The van der Waals surface area contributed by atoms with E-state index in [-0.39, 0.29) is 12.2 Å². The second-order valence-corrected chi connectivity index (χ2v) is 4.28. The summed E-state index contributed by atoms with van der Waals surface area (Å²) in [4.78, 5) is 17.7. The highest BCUT2D eigenvalue weighted by atomic mass is 19.1. The molecule has 5 nitrogen and oxygen atoms in total. The van der Waals surface area contributed by atoms with E-state index >= 15 is 0 Å². The first-order valence-electron chi connectivity index (χ1n) is 5.78. The summed E-state index contributed by atoms with van der Waals surface area (Å²) in [5.74, 6) is -1.04. The molecule has 1 unspecified atom stereocenters. The normalized spacial score (nSPS) is 12.4. The predicted octanol–water partition coefficient (Wildman–Crippen LogP) is 2.00. The lowest BCUT2D eigenvalue weighted by Gasteiger charge is -2.04. The number of hydrogen-bond donors (Lipinski definition) is 3. The zero-order chi connectivity index (χ0) is 14.0. The van der Waals surface area contributed by atoms with Crippen molar-refractivity contribution in [1.82, 2.24) is 9.97 Å². The van der Waals surface area contributed by atoms with E-state index in [1.807, 2.05) is 0 Å². The fraction of sp³-hybridized carbons (Fsp3) is 0.231. The molecule has 1 atom stereocenters. The van der Waals surface area contributed by atoms with E-state index < -0.39 is 12.0 Å². The van der Waals surface area contributed by atoms with Crippen molar-refractivity contribution >= 4 is 5.97 Å². The fourth-order valence-corrected chi connectivity index (χ4v) is 1.86. The molecule has 0 amide bonds. The maximum Gasteiger partial charge on any atom is 0.305 e. The molecule has 0 saturated heterocycles. The van der Waals surface area contributed by atoms with Crippen LogP contribution >= 0.6 is 0 Å². The zero-order valence-corrected chi connectivity index (χ0v) is 10.4. The van der Waals surface area contributed by atoms with Crippen LogP contribution in [0.4, 0.5) is 4.39 Å². The van der Waals surface area contributed by atoms with Crippen LogP contribution in [-0.2, 0) is 4.79 Å². The van der Waals surface area contributed by atoms with Gasteiger partial charge in [0, 0.05) is 11.3 Å². The molecular formula is C13H14FN3O2. The molecule has 0 spiro atoms. The number of carboxylic acids is 1. The maximum absolute atomic E-state index is 13.7. The number of carbonyl (C=O) groups is 1. The fourth-order valence-electron chi connectivity index (χ4n) is 1.86. The SMILES string of the molecule is Cc1[nH]c(C(N)CC(=O)O)nc1-c1ccccc1F. The summed E-state index contributed by atoms with van der Waals surface area (Å²) in [7, 11) is 0. The smallest absolute Gasteiger partial charge is 0.305 e. The molecule has 19 heavy (non-hydrogen) atoms. The summed E-state index contributed by atoms with van der Waals surface area (Å²) >= 11 is 0. The van der Waals surface area contributed by atoms with Gasteiger partial charge < -0.3 is 15.8 Å². The van der Waals surface area contributed by atoms with Crippen LogP contribution in [0.2, 0.25) is 0 Å². The van der Waals surface area contributed by atoms with E-state index in [0.717, 1.165) is 0 Å². The van der Waals surface area contributed by atoms with Gasteiger partial charge in [-0.25, -0.2) is 9.37 Å². The van der Waals surface area contributed by atoms with E-state index in [1.54, 1.807) is 25.1 Å². The summed E-state index contributed by atoms with van der Waals surface area (Å²) in [6, 6.07) is 5.53. The number of benzene rings is 1. The highest BCUT2D eigenvalue weighted by Crippen LogP contribution is 2.25. The first-order valence-corrected chi connectivity index (χ1v) is 5.78. The van der Waals surface area contributed by atoms with Gasteiger partial charge in [-0.1, -0.05) is 12.1 Å². The summed E-state index contributed by atoms with van der Waals surface area (Å²) < 4.78 is 13.7. The second-order valence-electron chi connectivity index (χ2n) is 4.28. The predicted molar refractivity (Wildman–Crippen MR) is 67.9 cm³/mol. The van der Waals surface area contributed by atoms with Gasteiger partial charge in [0.25, 0.3) is 0 Å². The molecule has 0 aliphatic heterocycles. The second kappa shape index (κ2) is 5.19. The van der Waals surface area contributed by atoms with Crippen LogP contribution in [0.3, 0.4) is 0 Å². The topological polar surface area (TPSA) is 92.0 Å². The molecule has 0 aliphatic rings. The van der Waals surface area contributed by atoms with Crippen molar-refractivity contribution in [3.05, 3.63) is 41.6 Å². The third kappa shape index (κ3) is 2.79. The van der Waals surface area contributed by atoms with Gasteiger partial charge in [-0.2, -0.15) is 0 Å². The van der Waals surface area contributed by atoms with Crippen molar-refractivity contribution in [3.63, 3.8) is 0 Å². The van der Waals surface area contributed by atoms with E-state index in [1.165, 1.54) is 6.07 Å². The van der Waals surface area contributed by atoms with Gasteiger partial charge in [-0.3, -0.25) is 4.79 Å². The first-order chi connectivity index (χ1) is 8.99. The van der Waals surface area contributed by atoms with E-state index in [2.05, 4.69) is 9.97 Å². The van der Waals surface area contributed by atoms with Crippen molar-refractivity contribution < 1.29 is 14.3 Å². The molecule has 1 heterocycles. The first kappa shape index (κ1) is 13.2. The Balaban J connectivity index is 2.37. The van der Waals surface area contributed by atoms with Crippen LogP contribution in [0.1, 0.15) is 24.0 Å². The lowest BCUT2D eigenvalue weighted by atomic mass is 10.1.